The van der Waals surface area contributed by atoms with Crippen LogP contribution in [0.15, 0.2) is 118 Å². The van der Waals surface area contributed by atoms with Crippen LogP contribution < -0.4 is 30.9 Å². The zero-order chi connectivity index (χ0) is 45.5. The minimum atomic E-state index is -2.02. The summed E-state index contributed by atoms with van der Waals surface area (Å²) in [5.74, 6) is 0.617. The molecule has 9 rings (SSSR count). The Morgan fingerprint density at radius 3 is 1.69 bits per heavy atom. The SMILES string of the molecule is COc1cccn2c(=O)c(C=C(F)F)c(Cl)nc12.COc1cccn2c(=O)c(C=O)c(Cl)nc12.COc1cccn2c(=O)c3cc(F)n(-c4ccc5ncccc5c4)c3nc12.I.II. The van der Waals surface area contributed by atoms with E-state index in [9.17, 15) is 32.3 Å². The van der Waals surface area contributed by atoms with Gasteiger partial charge in [-0.1, -0.05) is 29.3 Å². The Bertz CT molecular complexity index is 3420. The Balaban J connectivity index is 0.000000184. The minimum absolute atomic E-state index is 0. The molecule has 0 aliphatic heterocycles. The molecule has 0 amide bonds. The van der Waals surface area contributed by atoms with Crippen molar-refractivity contribution in [2.45, 2.75) is 0 Å². The zero-order valence-electron chi connectivity index (χ0n) is 32.9. The second-order valence-electron chi connectivity index (χ2n) is 12.4. The second-order valence-corrected chi connectivity index (χ2v) is 13.2. The molecule has 0 aliphatic carbocycles. The van der Waals surface area contributed by atoms with Gasteiger partial charge in [-0.15, -0.1) is 24.0 Å². The lowest BCUT2D eigenvalue weighted by atomic mass is 10.2. The van der Waals surface area contributed by atoms with E-state index in [0.29, 0.717) is 40.9 Å². The molecule has 0 atom stereocenters. The fourth-order valence-electron chi connectivity index (χ4n) is 6.22. The molecule has 0 radical (unpaired) electrons. The molecule has 15 nitrogen and oxygen atoms in total. The van der Waals surface area contributed by atoms with Gasteiger partial charge in [0.25, 0.3) is 22.8 Å². The molecule has 8 heterocycles. The quantitative estimate of drug-likeness (QED) is 0.0885. The number of hydrogen-bond acceptors (Lipinski definition) is 11. The molecule has 0 saturated heterocycles. The summed E-state index contributed by atoms with van der Waals surface area (Å²) < 4.78 is 59.7. The molecule has 1 aromatic carbocycles. The summed E-state index contributed by atoms with van der Waals surface area (Å²) in [7, 11) is 4.37. The van der Waals surface area contributed by atoms with Crippen LogP contribution in [-0.2, 0) is 0 Å². The third kappa shape index (κ3) is 9.96. The van der Waals surface area contributed by atoms with E-state index >= 15 is 0 Å². The molecule has 0 saturated carbocycles. The maximum absolute atomic E-state index is 14.8. The van der Waals surface area contributed by atoms with E-state index in [2.05, 4.69) is 57.2 Å². The molecule has 0 fully saturated rings. The monoisotopic (exact) mass is 1250 g/mol. The predicted octanol–water partition coefficient (Wildman–Crippen LogP) is 9.49. The number of rotatable bonds is 6. The molecule has 330 valence electrons. The standard InChI is InChI=1S/C20H13FN4O2.C11H7ClF2N2O2.C10H7ClN2O3.I2.HI/c1-27-16-5-3-9-24-19(16)23-18-14(20(24)26)11-17(21)25(18)13-6-7-15-12(10-13)4-2-8-22-15;1-18-7-3-2-4-16-10(7)15-9(12)6(11(16)17)5-8(13)14;1-16-7-3-2-4-13-9(7)12-8(11)6(5-14)10(13)15;1-2;/h2-11H,1H3;2-5H,1H3;2-5H,1H3;;1H. The number of carbonyl (C=O) groups is 1. The number of benzene rings is 1. The van der Waals surface area contributed by atoms with E-state index in [1.165, 1.54) is 53.2 Å². The van der Waals surface area contributed by atoms with Crippen LogP contribution >= 0.6 is 84.4 Å². The average molecular weight is 1250 g/mol. The molecule has 9 aromatic rings. The topological polar surface area (TPSA) is 166 Å². The lowest BCUT2D eigenvalue weighted by molar-refractivity contribution is 0.112. The molecule has 8 aromatic heterocycles. The highest BCUT2D eigenvalue weighted by atomic mass is 128. The molecule has 0 spiro atoms. The van der Waals surface area contributed by atoms with Gasteiger partial charge in [0.2, 0.25) is 5.95 Å². The number of ether oxygens (including phenoxy) is 3. The summed E-state index contributed by atoms with van der Waals surface area (Å²) in [4.78, 5) is 63.9. The van der Waals surface area contributed by atoms with Crippen LogP contribution in [0.3, 0.4) is 0 Å². The molecule has 0 unspecified atom stereocenters. The van der Waals surface area contributed by atoms with E-state index in [0.717, 1.165) is 15.3 Å². The molecule has 0 aliphatic rings. The van der Waals surface area contributed by atoms with Gasteiger partial charge < -0.3 is 14.2 Å². The number of halogens is 8. The van der Waals surface area contributed by atoms with Crippen LogP contribution in [0.5, 0.6) is 17.2 Å². The molecule has 23 heteroatoms. The van der Waals surface area contributed by atoms with Crippen molar-refractivity contribution >= 4 is 136 Å². The number of carbonyl (C=O) groups excluding carboxylic acids is 1. The van der Waals surface area contributed by atoms with Crippen LogP contribution in [0.2, 0.25) is 10.3 Å². The Labute approximate surface area is 408 Å². The average Bonchev–Trinajstić information content (AvgIpc) is 3.64. The first-order chi connectivity index (χ1) is 30.4. The summed E-state index contributed by atoms with van der Waals surface area (Å²) in [6, 6.07) is 20.1. The van der Waals surface area contributed by atoms with Crippen molar-refractivity contribution in [3.8, 4) is 22.9 Å². The Morgan fingerprint density at radius 1 is 0.672 bits per heavy atom. The number of nitrogens with zero attached hydrogens (tertiary/aromatic N) is 8. The first kappa shape index (κ1) is 49.6. The molecule has 64 heavy (non-hydrogen) atoms. The lowest BCUT2D eigenvalue weighted by Gasteiger charge is -2.09. The first-order valence-electron chi connectivity index (χ1n) is 17.6. The van der Waals surface area contributed by atoms with Gasteiger partial charge in [-0.05, 0) is 60.7 Å². The van der Waals surface area contributed by atoms with E-state index < -0.39 is 23.1 Å². The Kier molecular flexibility index (Phi) is 17.1. The van der Waals surface area contributed by atoms with Crippen molar-refractivity contribution in [3.63, 3.8) is 0 Å². The van der Waals surface area contributed by atoms with E-state index in [1.807, 2.05) is 24.3 Å². The van der Waals surface area contributed by atoms with Crippen LogP contribution in [-0.4, -0.2) is 65.3 Å². The van der Waals surface area contributed by atoms with Crippen molar-refractivity contribution in [3.05, 3.63) is 162 Å². The normalized spacial score (nSPS) is 10.5. The van der Waals surface area contributed by atoms with Crippen molar-refractivity contribution in [2.75, 3.05) is 21.3 Å². The van der Waals surface area contributed by atoms with Crippen LogP contribution in [0, 0.1) is 5.95 Å². The molecule has 0 N–H and O–H groups in total. The maximum Gasteiger partial charge on any atom is 0.271 e. The highest BCUT2D eigenvalue weighted by Gasteiger charge is 2.19. The van der Waals surface area contributed by atoms with Crippen LogP contribution in [0.4, 0.5) is 13.2 Å². The van der Waals surface area contributed by atoms with Gasteiger partial charge in [0.15, 0.2) is 46.1 Å². The van der Waals surface area contributed by atoms with E-state index in [1.54, 1.807) is 54.9 Å². The van der Waals surface area contributed by atoms with Gasteiger partial charge in [-0.3, -0.25) is 41.9 Å². The number of pyridine rings is 4. The maximum atomic E-state index is 14.8. The molecule has 0 bridgehead atoms. The van der Waals surface area contributed by atoms with Crippen molar-refractivity contribution in [2.24, 2.45) is 0 Å². The number of methoxy groups -OCH3 is 3. The first-order valence-corrected chi connectivity index (χ1v) is 24.7. The summed E-state index contributed by atoms with van der Waals surface area (Å²) in [6.07, 6.45) is 4.96. The van der Waals surface area contributed by atoms with Crippen molar-refractivity contribution in [1.29, 1.82) is 0 Å². The number of fused-ring (bicyclic) bond motifs is 5. The van der Waals surface area contributed by atoms with Gasteiger partial charge in [0.1, 0.15) is 15.9 Å². The van der Waals surface area contributed by atoms with E-state index in [4.69, 9.17) is 37.4 Å². The van der Waals surface area contributed by atoms with Gasteiger partial charge in [0.05, 0.1) is 43.5 Å². The number of aromatic nitrogens is 8. The molecular weight excluding hydrogens is 1230 g/mol. The van der Waals surface area contributed by atoms with Crippen LogP contribution in [0.1, 0.15) is 15.9 Å². The van der Waals surface area contributed by atoms with Gasteiger partial charge in [0, 0.05) is 79.5 Å². The fraction of sp³-hybridized carbons (Fsp3) is 0.0732. The minimum Gasteiger partial charge on any atom is -0.493 e. The molecular formula is C41H28Cl2F3I3N8O7. The lowest BCUT2D eigenvalue weighted by Crippen LogP contribution is -2.20. The summed E-state index contributed by atoms with van der Waals surface area (Å²) >= 11 is 15.7. The highest BCUT2D eigenvalue weighted by molar-refractivity contribution is 15.0. The zero-order valence-corrected chi connectivity index (χ0v) is 41.0. The van der Waals surface area contributed by atoms with Gasteiger partial charge in [-0.2, -0.15) is 13.2 Å². The van der Waals surface area contributed by atoms with Gasteiger partial charge in [-0.25, -0.2) is 15.0 Å². The van der Waals surface area contributed by atoms with E-state index in [-0.39, 0.29) is 73.3 Å². The largest absolute Gasteiger partial charge is 0.493 e. The van der Waals surface area contributed by atoms with Gasteiger partial charge >= 0.3 is 0 Å². The third-order valence-electron chi connectivity index (χ3n) is 9.01. The highest BCUT2D eigenvalue weighted by Crippen LogP contribution is 2.26. The van der Waals surface area contributed by atoms with Crippen LogP contribution in [0.25, 0.3) is 50.6 Å². The smallest absolute Gasteiger partial charge is 0.271 e. The summed E-state index contributed by atoms with van der Waals surface area (Å²) in [6.45, 7) is 0. The predicted molar refractivity (Wildman–Crippen MR) is 265 cm³/mol. The van der Waals surface area contributed by atoms with Crippen molar-refractivity contribution < 1.29 is 32.2 Å². The van der Waals surface area contributed by atoms with Crippen molar-refractivity contribution in [1.82, 2.24) is 37.7 Å². The Morgan fingerprint density at radius 2 is 1.17 bits per heavy atom. The summed E-state index contributed by atoms with van der Waals surface area (Å²) in [5, 5.41) is 0.651. The third-order valence-corrected chi connectivity index (χ3v) is 9.59. The fourth-order valence-corrected chi connectivity index (χ4v) is 6.65. The number of aldehydes is 1. The second kappa shape index (κ2) is 22.0. The Hall–Kier alpha value is -5.38. The summed E-state index contributed by atoms with van der Waals surface area (Å²) in [5.41, 5.74) is 0.332. The number of hydrogen-bond donors (Lipinski definition) is 0.